The number of hydrogen-bond acceptors (Lipinski definition) is 5. The number of phenolic OH excluding ortho intramolecular Hbond substituents is 1. The van der Waals surface area contributed by atoms with Gasteiger partial charge in [-0.05, 0) is 18.2 Å². The summed E-state index contributed by atoms with van der Waals surface area (Å²) in [5, 5.41) is 13.2. The van der Waals surface area contributed by atoms with E-state index >= 15 is 0 Å². The summed E-state index contributed by atoms with van der Waals surface area (Å²) >= 11 is 5.77. The number of benzene rings is 1. The Balaban J connectivity index is 1.96. The maximum atomic E-state index is 11.8. The zero-order chi connectivity index (χ0) is 14.5. The molecular weight excluding hydrogens is 294 g/mol. The standard InChI is InChI=1S/C12H11ClF2N2O3/c13-8-5-7(1-2-9(8)18)12-16-11(17-20-12)3-4-19-6-10(14)15/h1-2,5,10,18H,3-4,6H2. The van der Waals surface area contributed by atoms with Crippen molar-refractivity contribution in [2.24, 2.45) is 0 Å². The molecule has 0 atom stereocenters. The molecule has 108 valence electrons. The van der Waals surface area contributed by atoms with Crippen molar-refractivity contribution in [1.29, 1.82) is 0 Å². The van der Waals surface area contributed by atoms with E-state index in [-0.39, 0.29) is 29.7 Å². The van der Waals surface area contributed by atoms with Gasteiger partial charge in [-0.1, -0.05) is 16.8 Å². The van der Waals surface area contributed by atoms with E-state index in [4.69, 9.17) is 20.9 Å². The number of hydrogen-bond donors (Lipinski definition) is 1. The molecule has 0 spiro atoms. The highest BCUT2D eigenvalue weighted by Gasteiger charge is 2.11. The van der Waals surface area contributed by atoms with Crippen LogP contribution >= 0.6 is 11.6 Å². The van der Waals surface area contributed by atoms with E-state index in [9.17, 15) is 13.9 Å². The molecule has 0 aliphatic rings. The van der Waals surface area contributed by atoms with Gasteiger partial charge in [-0.25, -0.2) is 8.78 Å². The molecule has 2 rings (SSSR count). The average molecular weight is 305 g/mol. The third-order valence-corrected chi connectivity index (χ3v) is 2.68. The van der Waals surface area contributed by atoms with Crippen LogP contribution in [0.2, 0.25) is 5.02 Å². The second kappa shape index (κ2) is 6.62. The first-order chi connectivity index (χ1) is 9.56. The van der Waals surface area contributed by atoms with Crippen LogP contribution in [-0.4, -0.2) is 34.9 Å². The first-order valence-corrected chi connectivity index (χ1v) is 6.11. The van der Waals surface area contributed by atoms with Gasteiger partial charge in [0.2, 0.25) is 0 Å². The van der Waals surface area contributed by atoms with Crippen LogP contribution in [0.15, 0.2) is 22.7 Å². The van der Waals surface area contributed by atoms with Crippen LogP contribution in [-0.2, 0) is 11.2 Å². The van der Waals surface area contributed by atoms with Gasteiger partial charge in [-0.3, -0.25) is 0 Å². The molecule has 0 bridgehead atoms. The van der Waals surface area contributed by atoms with Crippen molar-refractivity contribution < 1.29 is 23.1 Å². The van der Waals surface area contributed by atoms with Crippen molar-refractivity contribution in [3.8, 4) is 17.2 Å². The molecule has 1 N–H and O–H groups in total. The van der Waals surface area contributed by atoms with Crippen LogP contribution in [0.3, 0.4) is 0 Å². The summed E-state index contributed by atoms with van der Waals surface area (Å²) < 4.78 is 33.4. The third-order valence-electron chi connectivity index (χ3n) is 2.38. The highest BCUT2D eigenvalue weighted by molar-refractivity contribution is 6.32. The zero-order valence-electron chi connectivity index (χ0n) is 10.2. The van der Waals surface area contributed by atoms with E-state index in [0.29, 0.717) is 11.4 Å². The molecule has 0 fully saturated rings. The van der Waals surface area contributed by atoms with Crippen LogP contribution in [0.5, 0.6) is 5.75 Å². The fourth-order valence-corrected chi connectivity index (χ4v) is 1.63. The number of nitrogens with zero attached hydrogens (tertiary/aromatic N) is 2. The molecule has 5 nitrogen and oxygen atoms in total. The lowest BCUT2D eigenvalue weighted by molar-refractivity contribution is 0.0182. The molecule has 8 heteroatoms. The SMILES string of the molecule is Oc1ccc(-c2nc(CCOCC(F)F)no2)cc1Cl. The Kier molecular flexibility index (Phi) is 4.86. The maximum Gasteiger partial charge on any atom is 0.261 e. The molecule has 0 saturated heterocycles. The molecule has 1 heterocycles. The minimum atomic E-state index is -2.49. The summed E-state index contributed by atoms with van der Waals surface area (Å²) in [6.07, 6.45) is -2.22. The molecule has 0 radical (unpaired) electrons. The van der Waals surface area contributed by atoms with Gasteiger partial charge in [0.05, 0.1) is 11.6 Å². The Morgan fingerprint density at radius 1 is 1.40 bits per heavy atom. The van der Waals surface area contributed by atoms with E-state index in [1.54, 1.807) is 6.07 Å². The van der Waals surface area contributed by atoms with Gasteiger partial charge in [0.25, 0.3) is 12.3 Å². The molecule has 1 aromatic carbocycles. The molecular formula is C12H11ClF2N2O3. The zero-order valence-corrected chi connectivity index (χ0v) is 11.0. The molecule has 0 unspecified atom stereocenters. The molecule has 0 aliphatic heterocycles. The van der Waals surface area contributed by atoms with Crippen molar-refractivity contribution >= 4 is 11.6 Å². The number of halogens is 3. The minimum absolute atomic E-state index is 0.0458. The van der Waals surface area contributed by atoms with Crippen LogP contribution in [0, 0.1) is 0 Å². The van der Waals surface area contributed by atoms with Crippen molar-refractivity contribution in [2.45, 2.75) is 12.8 Å². The van der Waals surface area contributed by atoms with Gasteiger partial charge in [-0.2, -0.15) is 4.98 Å². The normalized spacial score (nSPS) is 11.2. The highest BCUT2D eigenvalue weighted by atomic mass is 35.5. The maximum absolute atomic E-state index is 11.8. The summed E-state index contributed by atoms with van der Waals surface area (Å²) in [4.78, 5) is 4.08. The largest absolute Gasteiger partial charge is 0.506 e. The lowest BCUT2D eigenvalue weighted by atomic mass is 10.2. The second-order valence-corrected chi connectivity index (χ2v) is 4.31. The van der Waals surface area contributed by atoms with E-state index in [1.807, 2.05) is 0 Å². The Morgan fingerprint density at radius 3 is 2.90 bits per heavy atom. The third kappa shape index (κ3) is 3.88. The first-order valence-electron chi connectivity index (χ1n) is 5.73. The summed E-state index contributed by atoms with van der Waals surface area (Å²) in [5.74, 6) is 0.532. The van der Waals surface area contributed by atoms with Gasteiger partial charge in [0.1, 0.15) is 12.4 Å². The van der Waals surface area contributed by atoms with Crippen molar-refractivity contribution in [3.05, 3.63) is 29.0 Å². The fraction of sp³-hybridized carbons (Fsp3) is 0.333. The van der Waals surface area contributed by atoms with Gasteiger partial charge >= 0.3 is 0 Å². The monoisotopic (exact) mass is 304 g/mol. The number of aromatic hydroxyl groups is 1. The number of aromatic nitrogens is 2. The molecule has 1 aromatic heterocycles. The van der Waals surface area contributed by atoms with Crippen LogP contribution in [0.25, 0.3) is 11.5 Å². The molecule has 0 amide bonds. The van der Waals surface area contributed by atoms with Crippen LogP contribution < -0.4 is 0 Å². The minimum Gasteiger partial charge on any atom is -0.506 e. The Morgan fingerprint density at radius 2 is 2.20 bits per heavy atom. The van der Waals surface area contributed by atoms with E-state index in [1.165, 1.54) is 12.1 Å². The van der Waals surface area contributed by atoms with E-state index < -0.39 is 13.0 Å². The summed E-state index contributed by atoms with van der Waals surface area (Å²) in [5.41, 5.74) is 0.556. The van der Waals surface area contributed by atoms with Gasteiger partial charge in [0, 0.05) is 12.0 Å². The Labute approximate surface area is 118 Å². The van der Waals surface area contributed by atoms with Crippen molar-refractivity contribution in [1.82, 2.24) is 10.1 Å². The van der Waals surface area contributed by atoms with Crippen molar-refractivity contribution in [3.63, 3.8) is 0 Å². The predicted molar refractivity (Wildman–Crippen MR) is 66.9 cm³/mol. The van der Waals surface area contributed by atoms with Gasteiger partial charge in [-0.15, -0.1) is 0 Å². The Hall–Kier alpha value is -1.73. The first kappa shape index (κ1) is 14.7. The number of rotatable bonds is 6. The average Bonchev–Trinajstić information content (AvgIpc) is 2.86. The number of alkyl halides is 2. The number of phenols is 1. The van der Waals surface area contributed by atoms with E-state index in [0.717, 1.165) is 0 Å². The van der Waals surface area contributed by atoms with E-state index in [2.05, 4.69) is 10.1 Å². The lowest BCUT2D eigenvalue weighted by Crippen LogP contribution is -2.07. The molecule has 20 heavy (non-hydrogen) atoms. The topological polar surface area (TPSA) is 68.4 Å². The summed E-state index contributed by atoms with van der Waals surface area (Å²) in [6, 6.07) is 4.47. The number of ether oxygens (including phenoxy) is 1. The predicted octanol–water partition coefficient (Wildman–Crippen LogP) is 2.92. The fourth-order valence-electron chi connectivity index (χ4n) is 1.45. The van der Waals surface area contributed by atoms with Crippen molar-refractivity contribution in [2.75, 3.05) is 13.2 Å². The smallest absolute Gasteiger partial charge is 0.261 e. The summed E-state index contributed by atoms with van der Waals surface area (Å²) in [7, 11) is 0. The van der Waals surface area contributed by atoms with Gasteiger partial charge < -0.3 is 14.4 Å². The lowest BCUT2D eigenvalue weighted by Gasteiger charge is -1.99. The van der Waals surface area contributed by atoms with Crippen LogP contribution in [0.4, 0.5) is 8.78 Å². The Bertz CT molecular complexity index is 578. The molecule has 2 aromatic rings. The summed E-state index contributed by atoms with van der Waals surface area (Å²) in [6.45, 7) is -0.530. The quantitative estimate of drug-likeness (QED) is 0.831. The van der Waals surface area contributed by atoms with Crippen LogP contribution in [0.1, 0.15) is 5.82 Å². The van der Waals surface area contributed by atoms with Gasteiger partial charge in [0.15, 0.2) is 5.82 Å². The highest BCUT2D eigenvalue weighted by Crippen LogP contribution is 2.28. The molecule has 0 saturated carbocycles. The second-order valence-electron chi connectivity index (χ2n) is 3.90. The molecule has 0 aliphatic carbocycles.